The van der Waals surface area contributed by atoms with Gasteiger partial charge in [0.15, 0.2) is 5.82 Å². The van der Waals surface area contributed by atoms with Crippen LogP contribution in [-0.4, -0.2) is 46.8 Å². The number of piperazine rings is 1. The quantitative estimate of drug-likeness (QED) is 0.815. The third-order valence-electron chi connectivity index (χ3n) is 2.86. The first-order valence-electron chi connectivity index (χ1n) is 5.82. The Hall–Kier alpha value is -0.940. The van der Waals surface area contributed by atoms with Crippen LogP contribution in [0.5, 0.6) is 0 Å². The van der Waals surface area contributed by atoms with E-state index in [9.17, 15) is 0 Å². The fourth-order valence-electron chi connectivity index (χ4n) is 2.13. The van der Waals surface area contributed by atoms with E-state index >= 15 is 0 Å². The molecule has 1 aromatic heterocycles. The molecule has 90 valence electrons. The van der Waals surface area contributed by atoms with Crippen molar-refractivity contribution in [2.24, 2.45) is 0 Å². The molecule has 0 atom stereocenters. The van der Waals surface area contributed by atoms with Gasteiger partial charge in [0.2, 0.25) is 5.89 Å². The van der Waals surface area contributed by atoms with Crippen molar-refractivity contribution < 1.29 is 4.52 Å². The van der Waals surface area contributed by atoms with E-state index in [1.54, 1.807) is 0 Å². The van der Waals surface area contributed by atoms with Gasteiger partial charge in [-0.1, -0.05) is 5.16 Å². The summed E-state index contributed by atoms with van der Waals surface area (Å²) in [5, 5.41) is 7.29. The Morgan fingerprint density at radius 3 is 2.94 bits per heavy atom. The minimum Gasteiger partial charge on any atom is -0.339 e. The van der Waals surface area contributed by atoms with Gasteiger partial charge in [-0.2, -0.15) is 4.98 Å². The summed E-state index contributed by atoms with van der Waals surface area (Å²) in [5.41, 5.74) is 0.211. The Morgan fingerprint density at radius 1 is 1.50 bits per heavy atom. The van der Waals surface area contributed by atoms with Crippen molar-refractivity contribution in [2.45, 2.75) is 32.7 Å². The molecule has 0 bridgehead atoms. The lowest BCUT2D eigenvalue weighted by atomic mass is 10.0. The lowest BCUT2D eigenvalue weighted by Gasteiger charge is -2.38. The molecule has 1 aromatic rings. The predicted molar refractivity (Wildman–Crippen MR) is 61.3 cm³/mol. The summed E-state index contributed by atoms with van der Waals surface area (Å²) < 4.78 is 5.10. The molecule has 0 saturated carbocycles. The SMILES string of the molecule is Cc1noc(CCN2CCNC(C)(C)C2)n1. The van der Waals surface area contributed by atoms with Crippen LogP contribution in [-0.2, 0) is 6.42 Å². The van der Waals surface area contributed by atoms with E-state index in [-0.39, 0.29) is 5.54 Å². The van der Waals surface area contributed by atoms with Gasteiger partial charge in [0.25, 0.3) is 0 Å². The third kappa shape index (κ3) is 3.02. The van der Waals surface area contributed by atoms with Crippen molar-refractivity contribution in [2.75, 3.05) is 26.2 Å². The summed E-state index contributed by atoms with van der Waals surface area (Å²) in [5.74, 6) is 1.46. The van der Waals surface area contributed by atoms with Crippen LogP contribution in [0.3, 0.4) is 0 Å². The molecule has 1 aliphatic rings. The standard InChI is InChI=1S/C11H20N4O/c1-9-13-10(16-14-9)4-6-15-7-5-12-11(2,3)8-15/h12H,4-8H2,1-3H3. The zero-order chi connectivity index (χ0) is 11.6. The first-order valence-corrected chi connectivity index (χ1v) is 5.82. The van der Waals surface area contributed by atoms with Crippen LogP contribution in [0.25, 0.3) is 0 Å². The summed E-state index contributed by atoms with van der Waals surface area (Å²) in [6, 6.07) is 0. The fraction of sp³-hybridized carbons (Fsp3) is 0.818. The third-order valence-corrected chi connectivity index (χ3v) is 2.86. The van der Waals surface area contributed by atoms with Gasteiger partial charge in [-0.15, -0.1) is 0 Å². The molecule has 0 spiro atoms. The summed E-state index contributed by atoms with van der Waals surface area (Å²) in [6.07, 6.45) is 0.844. The summed E-state index contributed by atoms with van der Waals surface area (Å²) in [4.78, 5) is 6.65. The zero-order valence-electron chi connectivity index (χ0n) is 10.3. The number of aryl methyl sites for hydroxylation is 1. The summed E-state index contributed by atoms with van der Waals surface area (Å²) in [7, 11) is 0. The van der Waals surface area contributed by atoms with Crippen LogP contribution in [0.4, 0.5) is 0 Å². The van der Waals surface area contributed by atoms with E-state index in [2.05, 4.69) is 34.2 Å². The average Bonchev–Trinajstić information content (AvgIpc) is 2.60. The molecule has 1 saturated heterocycles. The lowest BCUT2D eigenvalue weighted by molar-refractivity contribution is 0.153. The number of nitrogens with one attached hydrogen (secondary N) is 1. The van der Waals surface area contributed by atoms with Crippen molar-refractivity contribution in [3.05, 3.63) is 11.7 Å². The Morgan fingerprint density at radius 2 is 2.31 bits per heavy atom. The van der Waals surface area contributed by atoms with Crippen molar-refractivity contribution in [1.82, 2.24) is 20.4 Å². The highest BCUT2D eigenvalue weighted by Crippen LogP contribution is 2.10. The van der Waals surface area contributed by atoms with Gasteiger partial charge in [0.1, 0.15) is 0 Å². The van der Waals surface area contributed by atoms with Crippen LogP contribution in [0.1, 0.15) is 25.6 Å². The molecule has 1 N–H and O–H groups in total. The topological polar surface area (TPSA) is 54.2 Å². The molecule has 2 rings (SSSR count). The molecule has 2 heterocycles. The maximum absolute atomic E-state index is 5.10. The van der Waals surface area contributed by atoms with E-state index in [1.807, 2.05) is 6.92 Å². The lowest BCUT2D eigenvalue weighted by Crippen LogP contribution is -2.57. The Balaban J connectivity index is 1.82. The summed E-state index contributed by atoms with van der Waals surface area (Å²) in [6.45, 7) is 10.5. The van der Waals surface area contributed by atoms with Gasteiger partial charge in [-0.3, -0.25) is 4.90 Å². The first kappa shape index (κ1) is 11.5. The van der Waals surface area contributed by atoms with E-state index < -0.39 is 0 Å². The van der Waals surface area contributed by atoms with Crippen molar-refractivity contribution in [3.63, 3.8) is 0 Å². The molecule has 16 heavy (non-hydrogen) atoms. The van der Waals surface area contributed by atoms with Crippen LogP contribution in [0.2, 0.25) is 0 Å². The molecule has 0 unspecified atom stereocenters. The molecule has 0 radical (unpaired) electrons. The maximum Gasteiger partial charge on any atom is 0.227 e. The van der Waals surface area contributed by atoms with Gasteiger partial charge >= 0.3 is 0 Å². The molecule has 5 heteroatoms. The van der Waals surface area contributed by atoms with E-state index in [1.165, 1.54) is 0 Å². The molecule has 0 amide bonds. The molecule has 0 aliphatic carbocycles. The van der Waals surface area contributed by atoms with Crippen LogP contribution in [0, 0.1) is 6.92 Å². The highest BCUT2D eigenvalue weighted by molar-refractivity contribution is 4.89. The van der Waals surface area contributed by atoms with E-state index in [0.29, 0.717) is 0 Å². The first-order chi connectivity index (χ1) is 7.55. The molecular weight excluding hydrogens is 204 g/mol. The van der Waals surface area contributed by atoms with E-state index in [0.717, 1.165) is 44.3 Å². The minimum atomic E-state index is 0.211. The second kappa shape index (κ2) is 4.51. The Bertz CT molecular complexity index is 348. The zero-order valence-corrected chi connectivity index (χ0v) is 10.3. The van der Waals surface area contributed by atoms with Crippen molar-refractivity contribution in [3.8, 4) is 0 Å². The number of rotatable bonds is 3. The molecule has 0 aromatic carbocycles. The number of aromatic nitrogens is 2. The number of nitrogens with zero attached hydrogens (tertiary/aromatic N) is 3. The monoisotopic (exact) mass is 224 g/mol. The average molecular weight is 224 g/mol. The van der Waals surface area contributed by atoms with Gasteiger partial charge in [-0.25, -0.2) is 0 Å². The molecule has 1 fully saturated rings. The number of hydrogen-bond donors (Lipinski definition) is 1. The minimum absolute atomic E-state index is 0.211. The predicted octanol–water partition coefficient (Wildman–Crippen LogP) is 0.604. The fourth-order valence-corrected chi connectivity index (χ4v) is 2.13. The molecule has 1 aliphatic heterocycles. The Kier molecular flexibility index (Phi) is 3.25. The van der Waals surface area contributed by atoms with Gasteiger partial charge in [0.05, 0.1) is 0 Å². The maximum atomic E-state index is 5.10. The van der Waals surface area contributed by atoms with Crippen LogP contribution >= 0.6 is 0 Å². The molecule has 5 nitrogen and oxygen atoms in total. The second-order valence-electron chi connectivity index (χ2n) is 5.07. The number of hydrogen-bond acceptors (Lipinski definition) is 5. The van der Waals surface area contributed by atoms with E-state index in [4.69, 9.17) is 4.52 Å². The smallest absolute Gasteiger partial charge is 0.227 e. The van der Waals surface area contributed by atoms with Crippen LogP contribution < -0.4 is 5.32 Å². The van der Waals surface area contributed by atoms with Crippen LogP contribution in [0.15, 0.2) is 4.52 Å². The van der Waals surface area contributed by atoms with Crippen molar-refractivity contribution >= 4 is 0 Å². The molecular formula is C11H20N4O. The van der Waals surface area contributed by atoms with Gasteiger partial charge < -0.3 is 9.84 Å². The normalized spacial score (nSPS) is 21.2. The largest absolute Gasteiger partial charge is 0.339 e. The second-order valence-corrected chi connectivity index (χ2v) is 5.07. The summed E-state index contributed by atoms with van der Waals surface area (Å²) >= 11 is 0. The van der Waals surface area contributed by atoms with Gasteiger partial charge in [0, 0.05) is 38.1 Å². The van der Waals surface area contributed by atoms with Crippen molar-refractivity contribution in [1.29, 1.82) is 0 Å². The Labute approximate surface area is 96.2 Å². The van der Waals surface area contributed by atoms with Gasteiger partial charge in [-0.05, 0) is 20.8 Å². The highest BCUT2D eigenvalue weighted by atomic mass is 16.5. The highest BCUT2D eigenvalue weighted by Gasteiger charge is 2.25.